The Labute approximate surface area is 128 Å². The number of hydrogen-bond donors (Lipinski definition) is 3. The van der Waals surface area contributed by atoms with Crippen LogP contribution < -0.4 is 10.6 Å². The molecule has 2 bridgehead atoms. The molecule has 0 spiro atoms. The lowest BCUT2D eigenvalue weighted by molar-refractivity contribution is 0.0901. The summed E-state index contributed by atoms with van der Waals surface area (Å²) in [5, 5.41) is 16.0. The van der Waals surface area contributed by atoms with Gasteiger partial charge < -0.3 is 20.2 Å². The lowest BCUT2D eigenvalue weighted by Gasteiger charge is -2.23. The van der Waals surface area contributed by atoms with E-state index in [2.05, 4.69) is 10.6 Å². The summed E-state index contributed by atoms with van der Waals surface area (Å²) >= 11 is 0. The topological polar surface area (TPSA) is 74.5 Å². The van der Waals surface area contributed by atoms with Crippen LogP contribution >= 0.6 is 0 Å². The van der Waals surface area contributed by atoms with Crippen molar-refractivity contribution in [2.45, 2.75) is 24.9 Å². The van der Waals surface area contributed by atoms with Crippen LogP contribution in [0.15, 0.2) is 40.8 Å². The quantitative estimate of drug-likeness (QED) is 0.811. The van der Waals surface area contributed by atoms with Gasteiger partial charge in [0.1, 0.15) is 11.5 Å². The molecule has 1 aliphatic carbocycles. The Balaban J connectivity index is 1.48. The minimum absolute atomic E-state index is 0.174. The van der Waals surface area contributed by atoms with Crippen molar-refractivity contribution < 1.29 is 14.3 Å². The van der Waals surface area contributed by atoms with Crippen LogP contribution in [-0.2, 0) is 0 Å². The first-order valence-electron chi connectivity index (χ1n) is 7.62. The number of benzene rings is 1. The van der Waals surface area contributed by atoms with Crippen molar-refractivity contribution in [3.63, 3.8) is 0 Å². The molecule has 0 radical (unpaired) electrons. The molecule has 3 N–H and O–H groups in total. The highest BCUT2D eigenvalue weighted by molar-refractivity contribution is 5.92. The second-order valence-corrected chi connectivity index (χ2v) is 6.15. The number of furan rings is 1. The van der Waals surface area contributed by atoms with E-state index in [9.17, 15) is 9.90 Å². The standard InChI is InChI=1S/C17H18N2O3/c20-12-3-1-2-11(8-12)15-4-5-16(22-15)17(21)19-14-7-10-6-13(14)18-9-10/h1-5,8,10,13-14,18,20H,6-7,9H2,(H,19,21). The van der Waals surface area contributed by atoms with Crippen molar-refractivity contribution >= 4 is 5.91 Å². The zero-order valence-corrected chi connectivity index (χ0v) is 12.1. The van der Waals surface area contributed by atoms with E-state index in [1.165, 1.54) is 0 Å². The first kappa shape index (κ1) is 13.4. The first-order valence-corrected chi connectivity index (χ1v) is 7.62. The van der Waals surface area contributed by atoms with Crippen LogP contribution in [0, 0.1) is 5.92 Å². The Kier molecular flexibility index (Phi) is 3.15. The van der Waals surface area contributed by atoms with Gasteiger partial charge in [0.25, 0.3) is 5.91 Å². The summed E-state index contributed by atoms with van der Waals surface area (Å²) in [5.41, 5.74) is 0.751. The highest BCUT2D eigenvalue weighted by Crippen LogP contribution is 2.31. The second-order valence-electron chi connectivity index (χ2n) is 6.15. The van der Waals surface area contributed by atoms with Crippen molar-refractivity contribution in [3.8, 4) is 17.1 Å². The van der Waals surface area contributed by atoms with E-state index in [0.717, 1.165) is 24.9 Å². The SMILES string of the molecule is O=C(NC1CC2CNC1C2)c1ccc(-c2cccc(O)c2)o1. The number of nitrogens with one attached hydrogen (secondary N) is 2. The summed E-state index contributed by atoms with van der Waals surface area (Å²) in [5.74, 6) is 1.57. The van der Waals surface area contributed by atoms with E-state index in [0.29, 0.717) is 23.5 Å². The third kappa shape index (κ3) is 2.37. The molecule has 1 saturated heterocycles. The third-order valence-electron chi connectivity index (χ3n) is 4.61. The van der Waals surface area contributed by atoms with Crippen molar-refractivity contribution in [1.29, 1.82) is 0 Å². The fraction of sp³-hybridized carbons (Fsp3) is 0.353. The molecule has 1 saturated carbocycles. The number of fused-ring (bicyclic) bond motifs is 2. The summed E-state index contributed by atoms with van der Waals surface area (Å²) < 4.78 is 5.63. The summed E-state index contributed by atoms with van der Waals surface area (Å²) in [6.07, 6.45) is 2.20. The molecule has 4 rings (SSSR count). The number of amides is 1. The fourth-order valence-corrected chi connectivity index (χ4v) is 3.53. The van der Waals surface area contributed by atoms with Crippen LogP contribution in [0.2, 0.25) is 0 Å². The minimum Gasteiger partial charge on any atom is -0.508 e. The van der Waals surface area contributed by atoms with E-state index in [4.69, 9.17) is 4.42 Å². The van der Waals surface area contributed by atoms with Crippen LogP contribution in [-0.4, -0.2) is 29.6 Å². The molecule has 2 fully saturated rings. The molecule has 1 aromatic carbocycles. The maximum Gasteiger partial charge on any atom is 0.287 e. The van der Waals surface area contributed by atoms with Gasteiger partial charge in [-0.1, -0.05) is 12.1 Å². The van der Waals surface area contributed by atoms with Crippen LogP contribution in [0.4, 0.5) is 0 Å². The molecule has 22 heavy (non-hydrogen) atoms. The highest BCUT2D eigenvalue weighted by Gasteiger charge is 2.40. The van der Waals surface area contributed by atoms with Gasteiger partial charge in [0, 0.05) is 17.6 Å². The Morgan fingerprint density at radius 1 is 1.27 bits per heavy atom. The smallest absolute Gasteiger partial charge is 0.287 e. The lowest BCUT2D eigenvalue weighted by atomic mass is 10.1. The van der Waals surface area contributed by atoms with Crippen molar-refractivity contribution in [3.05, 3.63) is 42.2 Å². The van der Waals surface area contributed by atoms with E-state index in [-0.39, 0.29) is 17.7 Å². The number of piperidine rings is 1. The lowest BCUT2D eigenvalue weighted by Crippen LogP contribution is -2.47. The maximum atomic E-state index is 12.3. The molecule has 1 aliphatic heterocycles. The van der Waals surface area contributed by atoms with Crippen molar-refractivity contribution in [1.82, 2.24) is 10.6 Å². The molecule has 3 unspecified atom stereocenters. The molecular formula is C17H18N2O3. The van der Waals surface area contributed by atoms with Gasteiger partial charge in [0.05, 0.1) is 0 Å². The van der Waals surface area contributed by atoms with E-state index in [1.807, 2.05) is 6.07 Å². The summed E-state index contributed by atoms with van der Waals surface area (Å²) in [6, 6.07) is 10.8. The molecule has 114 valence electrons. The van der Waals surface area contributed by atoms with E-state index in [1.54, 1.807) is 30.3 Å². The number of hydrogen-bond acceptors (Lipinski definition) is 4. The fourth-order valence-electron chi connectivity index (χ4n) is 3.53. The molecule has 3 atom stereocenters. The predicted molar refractivity (Wildman–Crippen MR) is 81.6 cm³/mol. The van der Waals surface area contributed by atoms with Crippen LogP contribution in [0.3, 0.4) is 0 Å². The minimum atomic E-state index is -0.175. The molecular weight excluding hydrogens is 280 g/mol. The highest BCUT2D eigenvalue weighted by atomic mass is 16.4. The molecule has 2 aromatic rings. The van der Waals surface area contributed by atoms with Gasteiger partial charge in [0.2, 0.25) is 0 Å². The van der Waals surface area contributed by atoms with Crippen molar-refractivity contribution in [2.75, 3.05) is 6.54 Å². The Hall–Kier alpha value is -2.27. The Morgan fingerprint density at radius 2 is 2.18 bits per heavy atom. The number of carbonyl (C=O) groups is 1. The zero-order chi connectivity index (χ0) is 15.1. The van der Waals surface area contributed by atoms with Gasteiger partial charge in [0.15, 0.2) is 5.76 Å². The van der Waals surface area contributed by atoms with Gasteiger partial charge in [-0.05, 0) is 49.6 Å². The number of carbonyl (C=O) groups excluding carboxylic acids is 1. The summed E-state index contributed by atoms with van der Waals surface area (Å²) in [4.78, 5) is 12.3. The molecule has 5 nitrogen and oxygen atoms in total. The third-order valence-corrected chi connectivity index (χ3v) is 4.61. The van der Waals surface area contributed by atoms with E-state index < -0.39 is 0 Å². The van der Waals surface area contributed by atoms with Gasteiger partial charge in [-0.15, -0.1) is 0 Å². The normalized spacial score (nSPS) is 26.3. The number of aromatic hydroxyl groups is 1. The van der Waals surface area contributed by atoms with Gasteiger partial charge in [-0.3, -0.25) is 4.79 Å². The second kappa shape index (κ2) is 5.18. The summed E-state index contributed by atoms with van der Waals surface area (Å²) in [6.45, 7) is 1.07. The molecule has 2 heterocycles. The average Bonchev–Trinajstić information content (AvgIpc) is 3.23. The maximum absolute atomic E-state index is 12.3. The van der Waals surface area contributed by atoms with Gasteiger partial charge >= 0.3 is 0 Å². The molecule has 1 aromatic heterocycles. The largest absolute Gasteiger partial charge is 0.508 e. The average molecular weight is 298 g/mol. The summed E-state index contributed by atoms with van der Waals surface area (Å²) in [7, 11) is 0. The Bertz CT molecular complexity index is 709. The first-order chi connectivity index (χ1) is 10.7. The molecule has 2 aliphatic rings. The van der Waals surface area contributed by atoms with Crippen LogP contribution in [0.5, 0.6) is 5.75 Å². The number of phenolic OH excluding ortho intramolecular Hbond substituents is 1. The monoisotopic (exact) mass is 298 g/mol. The number of rotatable bonds is 3. The Morgan fingerprint density at radius 3 is 2.91 bits per heavy atom. The van der Waals surface area contributed by atoms with E-state index >= 15 is 0 Å². The van der Waals surface area contributed by atoms with Crippen LogP contribution in [0.25, 0.3) is 11.3 Å². The molecule has 5 heteroatoms. The van der Waals surface area contributed by atoms with Crippen molar-refractivity contribution in [2.24, 2.45) is 5.92 Å². The van der Waals surface area contributed by atoms with Crippen LogP contribution in [0.1, 0.15) is 23.4 Å². The number of phenols is 1. The predicted octanol–water partition coefficient (Wildman–Crippen LogP) is 2.13. The molecule has 1 amide bonds. The van der Waals surface area contributed by atoms with Gasteiger partial charge in [-0.25, -0.2) is 0 Å². The zero-order valence-electron chi connectivity index (χ0n) is 12.1. The van der Waals surface area contributed by atoms with Gasteiger partial charge in [-0.2, -0.15) is 0 Å².